The number of likely N-dealkylation sites (tertiary alicyclic amines) is 1. The van der Waals surface area contributed by atoms with Crippen LogP contribution >= 0.6 is 0 Å². The van der Waals surface area contributed by atoms with Crippen LogP contribution in [0.15, 0.2) is 0 Å². The van der Waals surface area contributed by atoms with Crippen molar-refractivity contribution in [1.29, 1.82) is 0 Å². The van der Waals surface area contributed by atoms with Gasteiger partial charge in [-0.15, -0.1) is 0 Å². The van der Waals surface area contributed by atoms with Crippen molar-refractivity contribution < 1.29 is 24.6 Å². The highest BCUT2D eigenvalue weighted by Gasteiger charge is 2.26. The third kappa shape index (κ3) is 5.07. The lowest BCUT2D eigenvalue weighted by atomic mass is 9.95. The second-order valence-corrected chi connectivity index (χ2v) is 5.11. The third-order valence-corrected chi connectivity index (χ3v) is 3.72. The van der Waals surface area contributed by atoms with E-state index in [1.165, 1.54) is 0 Å². The van der Waals surface area contributed by atoms with Crippen molar-refractivity contribution >= 4 is 18.0 Å². The highest BCUT2D eigenvalue weighted by Crippen LogP contribution is 2.19. The molecule has 1 aliphatic rings. The molecule has 20 heavy (non-hydrogen) atoms. The summed E-state index contributed by atoms with van der Waals surface area (Å²) in [5.41, 5.74) is 0. The van der Waals surface area contributed by atoms with Gasteiger partial charge in [-0.2, -0.15) is 0 Å². The molecule has 0 spiro atoms. The molecule has 3 N–H and O–H groups in total. The molecule has 1 saturated heterocycles. The van der Waals surface area contributed by atoms with Gasteiger partial charge < -0.3 is 20.4 Å². The zero-order chi connectivity index (χ0) is 15.1. The van der Waals surface area contributed by atoms with E-state index < -0.39 is 24.0 Å². The monoisotopic (exact) mass is 286 g/mol. The summed E-state index contributed by atoms with van der Waals surface area (Å²) in [5.74, 6) is -1.65. The van der Waals surface area contributed by atoms with E-state index in [1.54, 1.807) is 4.90 Å². The highest BCUT2D eigenvalue weighted by molar-refractivity contribution is 5.83. The molecule has 0 aliphatic carbocycles. The maximum absolute atomic E-state index is 12.0. The number of rotatable bonds is 6. The van der Waals surface area contributed by atoms with Crippen LogP contribution in [0.2, 0.25) is 0 Å². The minimum atomic E-state index is -1.21. The average molecular weight is 286 g/mol. The maximum Gasteiger partial charge on any atom is 0.326 e. The first-order chi connectivity index (χ1) is 9.43. The molecule has 7 nitrogen and oxygen atoms in total. The van der Waals surface area contributed by atoms with E-state index in [2.05, 4.69) is 12.2 Å². The van der Waals surface area contributed by atoms with Crippen molar-refractivity contribution in [3.63, 3.8) is 0 Å². The Labute approximate surface area is 117 Å². The summed E-state index contributed by atoms with van der Waals surface area (Å²) < 4.78 is 0. The van der Waals surface area contributed by atoms with Crippen LogP contribution in [0, 0.1) is 5.92 Å². The minimum Gasteiger partial charge on any atom is -0.481 e. The van der Waals surface area contributed by atoms with E-state index in [1.807, 2.05) is 0 Å². The molecule has 2 amide bonds. The Balaban J connectivity index is 2.45. The van der Waals surface area contributed by atoms with Crippen LogP contribution in [0.1, 0.15) is 39.0 Å². The van der Waals surface area contributed by atoms with E-state index >= 15 is 0 Å². The first-order valence-electron chi connectivity index (χ1n) is 6.94. The molecular weight excluding hydrogens is 264 g/mol. The lowest BCUT2D eigenvalue weighted by Gasteiger charge is -2.32. The van der Waals surface area contributed by atoms with Gasteiger partial charge in [-0.25, -0.2) is 9.59 Å². The topological polar surface area (TPSA) is 107 Å². The Morgan fingerprint density at radius 3 is 2.30 bits per heavy atom. The van der Waals surface area contributed by atoms with Gasteiger partial charge in [0.25, 0.3) is 0 Å². The van der Waals surface area contributed by atoms with Gasteiger partial charge >= 0.3 is 18.0 Å². The molecule has 1 fully saturated rings. The van der Waals surface area contributed by atoms with Gasteiger partial charge in [0.2, 0.25) is 0 Å². The van der Waals surface area contributed by atoms with E-state index in [0.29, 0.717) is 19.0 Å². The quantitative estimate of drug-likeness (QED) is 0.678. The summed E-state index contributed by atoms with van der Waals surface area (Å²) in [6.07, 6.45) is 2.55. The standard InChI is InChI=1S/C13H22N2O5/c1-2-9-5-7-15(8-6-9)13(20)14-10(12(18)19)3-4-11(16)17/h9-10H,2-8H2,1H3,(H,14,20)(H,16,17)(H,18,19). The SMILES string of the molecule is CCC1CCN(C(=O)NC(CCC(=O)O)C(=O)O)CC1. The average Bonchev–Trinajstić information content (AvgIpc) is 2.42. The van der Waals surface area contributed by atoms with Crippen molar-refractivity contribution in [2.75, 3.05) is 13.1 Å². The second kappa shape index (κ2) is 7.72. The summed E-state index contributed by atoms with van der Waals surface area (Å²) in [7, 11) is 0. The van der Waals surface area contributed by atoms with Crippen molar-refractivity contribution in [2.45, 2.75) is 45.1 Å². The summed E-state index contributed by atoms with van der Waals surface area (Å²) >= 11 is 0. The molecule has 114 valence electrons. The van der Waals surface area contributed by atoms with Crippen LogP contribution in [0.3, 0.4) is 0 Å². The number of piperidine rings is 1. The van der Waals surface area contributed by atoms with Crippen LogP contribution in [-0.4, -0.2) is 52.2 Å². The molecular formula is C13H22N2O5. The Hall–Kier alpha value is -1.79. The number of hydrogen-bond acceptors (Lipinski definition) is 3. The van der Waals surface area contributed by atoms with Crippen LogP contribution in [0.4, 0.5) is 4.79 Å². The Morgan fingerprint density at radius 2 is 1.85 bits per heavy atom. The van der Waals surface area contributed by atoms with Gasteiger partial charge in [0.05, 0.1) is 0 Å². The van der Waals surface area contributed by atoms with Gasteiger partial charge in [-0.1, -0.05) is 13.3 Å². The molecule has 0 radical (unpaired) electrons. The molecule has 0 bridgehead atoms. The summed E-state index contributed by atoms with van der Waals surface area (Å²) in [6.45, 7) is 3.36. The third-order valence-electron chi connectivity index (χ3n) is 3.72. The van der Waals surface area contributed by atoms with Crippen molar-refractivity contribution in [3.05, 3.63) is 0 Å². The fourth-order valence-corrected chi connectivity index (χ4v) is 2.31. The zero-order valence-corrected chi connectivity index (χ0v) is 11.7. The van der Waals surface area contributed by atoms with Gasteiger partial charge in [-0.05, 0) is 25.2 Å². The lowest BCUT2D eigenvalue weighted by molar-refractivity contribution is -0.140. The lowest BCUT2D eigenvalue weighted by Crippen LogP contribution is -2.50. The van der Waals surface area contributed by atoms with Gasteiger partial charge in [0.1, 0.15) is 6.04 Å². The number of urea groups is 1. The Bertz CT molecular complexity index is 364. The fraction of sp³-hybridized carbons (Fsp3) is 0.769. The number of aliphatic carboxylic acids is 2. The number of amides is 2. The summed E-state index contributed by atoms with van der Waals surface area (Å²) in [5, 5.41) is 20.0. The highest BCUT2D eigenvalue weighted by atomic mass is 16.4. The van der Waals surface area contributed by atoms with Gasteiger partial charge in [0, 0.05) is 19.5 Å². The molecule has 0 aromatic rings. The smallest absolute Gasteiger partial charge is 0.326 e. The first kappa shape index (κ1) is 16.3. The molecule has 1 atom stereocenters. The van der Waals surface area contributed by atoms with Crippen LogP contribution < -0.4 is 5.32 Å². The first-order valence-corrected chi connectivity index (χ1v) is 6.94. The van der Waals surface area contributed by atoms with Crippen molar-refractivity contribution in [3.8, 4) is 0 Å². The molecule has 1 unspecified atom stereocenters. The number of carbonyl (C=O) groups is 3. The number of carbonyl (C=O) groups excluding carboxylic acids is 1. The number of nitrogens with zero attached hydrogens (tertiary/aromatic N) is 1. The maximum atomic E-state index is 12.0. The van der Waals surface area contributed by atoms with Crippen molar-refractivity contribution in [2.24, 2.45) is 5.92 Å². The molecule has 0 aromatic heterocycles. The fourth-order valence-electron chi connectivity index (χ4n) is 2.31. The van der Waals surface area contributed by atoms with Crippen LogP contribution in [0.5, 0.6) is 0 Å². The largest absolute Gasteiger partial charge is 0.481 e. The van der Waals surface area contributed by atoms with Gasteiger partial charge in [0.15, 0.2) is 0 Å². The van der Waals surface area contributed by atoms with Crippen molar-refractivity contribution in [1.82, 2.24) is 10.2 Å². The zero-order valence-electron chi connectivity index (χ0n) is 11.7. The minimum absolute atomic E-state index is 0.109. The molecule has 1 heterocycles. The van der Waals surface area contributed by atoms with Gasteiger partial charge in [-0.3, -0.25) is 4.79 Å². The predicted octanol–water partition coefficient (Wildman–Crippen LogP) is 1.14. The Kier molecular flexibility index (Phi) is 6.27. The normalized spacial score (nSPS) is 17.6. The van der Waals surface area contributed by atoms with Crippen LogP contribution in [0.25, 0.3) is 0 Å². The predicted molar refractivity (Wildman–Crippen MR) is 71.4 cm³/mol. The van der Waals surface area contributed by atoms with Crippen LogP contribution in [-0.2, 0) is 9.59 Å². The van der Waals surface area contributed by atoms with E-state index in [4.69, 9.17) is 10.2 Å². The molecule has 7 heteroatoms. The Morgan fingerprint density at radius 1 is 1.25 bits per heavy atom. The molecule has 1 rings (SSSR count). The molecule has 1 aliphatic heterocycles. The summed E-state index contributed by atoms with van der Waals surface area (Å²) in [4.78, 5) is 35.0. The number of carboxylic acids is 2. The molecule has 0 saturated carbocycles. The number of hydrogen-bond donors (Lipinski definition) is 3. The van der Waals surface area contributed by atoms with E-state index in [0.717, 1.165) is 19.3 Å². The summed E-state index contributed by atoms with van der Waals surface area (Å²) in [6, 6.07) is -1.57. The number of carboxylic acid groups (broad SMARTS) is 2. The molecule has 0 aromatic carbocycles. The second-order valence-electron chi connectivity index (χ2n) is 5.11. The number of nitrogens with one attached hydrogen (secondary N) is 1. The van der Waals surface area contributed by atoms with E-state index in [-0.39, 0.29) is 12.8 Å². The van der Waals surface area contributed by atoms with E-state index in [9.17, 15) is 14.4 Å².